The van der Waals surface area contributed by atoms with Gasteiger partial charge in [-0.3, -0.25) is 4.84 Å². The van der Waals surface area contributed by atoms with Crippen LogP contribution in [0.1, 0.15) is 12.0 Å². The number of hydroxylamine groups is 2. The highest BCUT2D eigenvalue weighted by Gasteiger charge is 2.45. The largest absolute Gasteiger partial charge is 0.394 e. The number of nitrogens with zero attached hydrogens (tertiary/aromatic N) is 2. The van der Waals surface area contributed by atoms with Gasteiger partial charge >= 0.3 is 0 Å². The Kier molecular flexibility index (Phi) is 11.1. The van der Waals surface area contributed by atoms with Crippen molar-refractivity contribution >= 4 is 28.9 Å². The van der Waals surface area contributed by atoms with E-state index in [1.165, 1.54) is 12.2 Å². The number of hydrogen-bond acceptors (Lipinski definition) is 8. The summed E-state index contributed by atoms with van der Waals surface area (Å²) < 4.78 is 5.54. The Bertz CT molecular complexity index is 603. The molecule has 1 aromatic rings. The summed E-state index contributed by atoms with van der Waals surface area (Å²) >= 11 is 11.7. The minimum Gasteiger partial charge on any atom is -0.394 e. The summed E-state index contributed by atoms with van der Waals surface area (Å²) in [7, 11) is 1.44. The quantitative estimate of drug-likeness (QED) is 0.261. The molecule has 0 spiro atoms. The van der Waals surface area contributed by atoms with Crippen LogP contribution in [0.25, 0.3) is 0 Å². The zero-order valence-electron chi connectivity index (χ0n) is 17.1. The van der Waals surface area contributed by atoms with Crippen molar-refractivity contribution in [2.75, 3.05) is 50.0 Å². The van der Waals surface area contributed by atoms with Crippen LogP contribution < -0.4 is 4.90 Å². The topological polar surface area (TPSA) is 106 Å². The minimum absolute atomic E-state index is 0.422. The second-order valence-electron chi connectivity index (χ2n) is 7.18. The van der Waals surface area contributed by atoms with E-state index in [0.717, 1.165) is 30.8 Å². The first kappa shape index (κ1) is 25.6. The normalized spacial score (nSPS) is 26.9. The monoisotopic (exact) mass is 466 g/mol. The summed E-state index contributed by atoms with van der Waals surface area (Å²) in [6.07, 6.45) is -4.68. The molecule has 1 heterocycles. The van der Waals surface area contributed by atoms with Gasteiger partial charge in [-0.2, -0.15) is 5.06 Å². The van der Waals surface area contributed by atoms with Crippen molar-refractivity contribution in [3.8, 4) is 0 Å². The molecule has 1 aliphatic rings. The summed E-state index contributed by atoms with van der Waals surface area (Å²) in [5.41, 5.74) is 2.21. The zero-order chi connectivity index (χ0) is 22.1. The Hall–Kier alpha value is -0.680. The number of anilines is 1. The summed E-state index contributed by atoms with van der Waals surface area (Å²) in [5.74, 6) is 1.06. The molecule has 0 saturated carbocycles. The molecule has 1 saturated heterocycles. The lowest BCUT2D eigenvalue weighted by atomic mass is 9.98. The van der Waals surface area contributed by atoms with Crippen molar-refractivity contribution in [3.05, 3.63) is 29.8 Å². The van der Waals surface area contributed by atoms with E-state index in [9.17, 15) is 20.4 Å². The fourth-order valence-corrected chi connectivity index (χ4v) is 3.94. The van der Waals surface area contributed by atoms with E-state index in [0.29, 0.717) is 24.7 Å². The van der Waals surface area contributed by atoms with Crippen molar-refractivity contribution in [1.82, 2.24) is 5.06 Å². The van der Waals surface area contributed by atoms with Crippen LogP contribution in [0.4, 0.5) is 5.69 Å². The molecule has 10 heteroatoms. The van der Waals surface area contributed by atoms with Gasteiger partial charge in [0.2, 0.25) is 0 Å². The molecule has 0 aliphatic carbocycles. The zero-order valence-corrected chi connectivity index (χ0v) is 18.6. The molecule has 0 bridgehead atoms. The fourth-order valence-electron chi connectivity index (χ4n) is 3.53. The highest BCUT2D eigenvalue weighted by Crippen LogP contribution is 2.24. The lowest BCUT2D eigenvalue weighted by Gasteiger charge is -2.43. The first-order valence-corrected chi connectivity index (χ1v) is 11.1. The molecule has 1 aromatic carbocycles. The Morgan fingerprint density at radius 1 is 0.967 bits per heavy atom. The third-order valence-electron chi connectivity index (χ3n) is 5.24. The van der Waals surface area contributed by atoms with E-state index in [4.69, 9.17) is 32.8 Å². The number of alkyl halides is 2. The van der Waals surface area contributed by atoms with Gasteiger partial charge in [0.25, 0.3) is 0 Å². The van der Waals surface area contributed by atoms with Gasteiger partial charge in [-0.1, -0.05) is 12.1 Å². The van der Waals surface area contributed by atoms with Crippen LogP contribution in [0.2, 0.25) is 0 Å². The Morgan fingerprint density at radius 3 is 2.13 bits per heavy atom. The summed E-state index contributed by atoms with van der Waals surface area (Å²) in [6, 6.07) is 8.19. The molecular weight excluding hydrogens is 435 g/mol. The highest BCUT2D eigenvalue weighted by atomic mass is 35.5. The van der Waals surface area contributed by atoms with Gasteiger partial charge in [0, 0.05) is 37.1 Å². The highest BCUT2D eigenvalue weighted by molar-refractivity contribution is 6.18. The molecular formula is C20H32Cl2N2O6. The third kappa shape index (κ3) is 6.66. The predicted molar refractivity (Wildman–Crippen MR) is 116 cm³/mol. The number of aliphatic hydroxyl groups excluding tert-OH is 4. The molecule has 1 fully saturated rings. The lowest BCUT2D eigenvalue weighted by molar-refractivity contribution is -0.327. The van der Waals surface area contributed by atoms with Crippen LogP contribution in [0.15, 0.2) is 24.3 Å². The van der Waals surface area contributed by atoms with Crippen LogP contribution in [0.5, 0.6) is 0 Å². The van der Waals surface area contributed by atoms with E-state index in [2.05, 4.69) is 17.0 Å². The molecule has 8 nitrogen and oxygen atoms in total. The van der Waals surface area contributed by atoms with Crippen LogP contribution in [-0.2, 0) is 16.0 Å². The molecule has 0 amide bonds. The van der Waals surface area contributed by atoms with Crippen LogP contribution in [0.3, 0.4) is 0 Å². The van der Waals surface area contributed by atoms with Gasteiger partial charge in [-0.15, -0.1) is 23.2 Å². The van der Waals surface area contributed by atoms with Crippen LogP contribution in [-0.4, -0.2) is 101 Å². The van der Waals surface area contributed by atoms with Crippen molar-refractivity contribution in [2.24, 2.45) is 0 Å². The fraction of sp³-hybridized carbons (Fsp3) is 0.700. The van der Waals surface area contributed by atoms with E-state index >= 15 is 0 Å². The van der Waals surface area contributed by atoms with Crippen molar-refractivity contribution in [1.29, 1.82) is 0 Å². The molecule has 4 N–H and O–H groups in total. The maximum Gasteiger partial charge on any atom is 0.162 e. The van der Waals surface area contributed by atoms with E-state index in [-0.39, 0.29) is 0 Å². The lowest BCUT2D eigenvalue weighted by Crippen LogP contribution is -2.63. The molecule has 0 aromatic heterocycles. The van der Waals surface area contributed by atoms with E-state index < -0.39 is 37.3 Å². The SMILES string of the molecule is CON(CCCc1ccc(N(CCCl)CCCl)cc1)C1O[C@@H](CO)[C@H](O)[C@@H](O)[C@@H]1O. The van der Waals surface area contributed by atoms with Gasteiger partial charge in [0.15, 0.2) is 6.23 Å². The second kappa shape index (κ2) is 13.0. The van der Waals surface area contributed by atoms with Crippen molar-refractivity contribution in [2.45, 2.75) is 43.5 Å². The van der Waals surface area contributed by atoms with Gasteiger partial charge in [-0.05, 0) is 30.5 Å². The average Bonchev–Trinajstić information content (AvgIpc) is 2.76. The average molecular weight is 467 g/mol. The molecule has 1 aliphatic heterocycles. The van der Waals surface area contributed by atoms with Crippen molar-refractivity contribution in [3.63, 3.8) is 0 Å². The number of hydrogen-bond donors (Lipinski definition) is 4. The van der Waals surface area contributed by atoms with Gasteiger partial charge < -0.3 is 30.1 Å². The molecule has 5 atom stereocenters. The van der Waals surface area contributed by atoms with Gasteiger partial charge in [0.1, 0.15) is 24.4 Å². The first-order chi connectivity index (χ1) is 14.5. The third-order valence-corrected chi connectivity index (χ3v) is 5.58. The number of rotatable bonds is 12. The van der Waals surface area contributed by atoms with E-state index in [1.807, 2.05) is 12.1 Å². The smallest absolute Gasteiger partial charge is 0.162 e. The van der Waals surface area contributed by atoms with Gasteiger partial charge in [-0.25, -0.2) is 0 Å². The van der Waals surface area contributed by atoms with Gasteiger partial charge in [0.05, 0.1) is 13.7 Å². The Morgan fingerprint density at radius 2 is 1.60 bits per heavy atom. The predicted octanol–water partition coefficient (Wildman–Crippen LogP) is 0.566. The molecule has 1 unspecified atom stereocenters. The molecule has 172 valence electrons. The van der Waals surface area contributed by atoms with Crippen LogP contribution >= 0.6 is 23.2 Å². The first-order valence-electron chi connectivity index (χ1n) is 10.0. The number of halogens is 2. The summed E-state index contributed by atoms with van der Waals surface area (Å²) in [5, 5.41) is 40.9. The van der Waals surface area contributed by atoms with Crippen LogP contribution in [0, 0.1) is 0 Å². The maximum absolute atomic E-state index is 10.2. The minimum atomic E-state index is -1.44. The van der Waals surface area contributed by atoms with Crippen molar-refractivity contribution < 1.29 is 30.0 Å². The Labute approximate surface area is 187 Å². The summed E-state index contributed by atoms with van der Waals surface area (Å²) in [6.45, 7) is 1.41. The molecule has 0 radical (unpaired) electrons. The standard InChI is InChI=1S/C20H32Cl2N2O6/c1-29-24(20-19(28)18(27)17(26)16(13-25)30-20)10-2-3-14-4-6-15(7-5-14)23(11-8-21)12-9-22/h4-7,16-20,25-28H,2-3,8-13H2,1H3/t16-,17-,18+,19-,20?/m0/s1. The second-order valence-corrected chi connectivity index (χ2v) is 7.93. The number of aliphatic hydroxyl groups is 4. The molecule has 30 heavy (non-hydrogen) atoms. The number of aryl methyl sites for hydroxylation is 1. The number of benzene rings is 1. The Balaban J connectivity index is 1.91. The summed E-state index contributed by atoms with van der Waals surface area (Å²) in [4.78, 5) is 7.46. The number of ether oxygens (including phenoxy) is 1. The molecule has 2 rings (SSSR count). The van der Waals surface area contributed by atoms with E-state index in [1.54, 1.807) is 0 Å². The maximum atomic E-state index is 10.2.